The van der Waals surface area contributed by atoms with Gasteiger partial charge >= 0.3 is 0 Å². The van der Waals surface area contributed by atoms with Crippen molar-refractivity contribution in [1.29, 1.82) is 0 Å². The summed E-state index contributed by atoms with van der Waals surface area (Å²) in [5, 5.41) is 6.23. The van der Waals surface area contributed by atoms with Gasteiger partial charge in [-0.05, 0) is 64.8 Å². The predicted octanol–water partition coefficient (Wildman–Crippen LogP) is 3.11. The molecular formula is C17H26N2O2. The van der Waals surface area contributed by atoms with Crippen LogP contribution in [0.15, 0.2) is 18.2 Å². The summed E-state index contributed by atoms with van der Waals surface area (Å²) in [6.07, 6.45) is 0.955. The molecule has 0 radical (unpaired) electrons. The van der Waals surface area contributed by atoms with Gasteiger partial charge in [0.1, 0.15) is 0 Å². The lowest BCUT2D eigenvalue weighted by Gasteiger charge is -2.29. The number of benzene rings is 1. The minimum atomic E-state index is -0.213. The normalized spacial score (nSPS) is 22.9. The molecule has 1 unspecified atom stereocenters. The monoisotopic (exact) mass is 290 g/mol. The quantitative estimate of drug-likeness (QED) is 0.899. The number of nitrogens with one attached hydrogen (secondary N) is 2. The molecule has 116 valence electrons. The maximum Gasteiger partial charge on any atom is 0.251 e. The molecule has 1 aromatic carbocycles. The topological polar surface area (TPSA) is 50.4 Å². The first kappa shape index (κ1) is 15.8. The lowest BCUT2D eigenvalue weighted by atomic mass is 9.94. The van der Waals surface area contributed by atoms with Crippen LogP contribution in [-0.4, -0.2) is 30.2 Å². The summed E-state index contributed by atoms with van der Waals surface area (Å²) >= 11 is 0. The SMILES string of the molecule is CNC(=O)c1ccc(NC2CC(C)(C)OC2(C)C)c(C)c1. The van der Waals surface area contributed by atoms with Gasteiger partial charge in [-0.15, -0.1) is 0 Å². The Morgan fingerprint density at radius 3 is 2.43 bits per heavy atom. The zero-order valence-corrected chi connectivity index (χ0v) is 13.8. The van der Waals surface area contributed by atoms with Gasteiger partial charge in [-0.25, -0.2) is 0 Å². The number of hydrogen-bond acceptors (Lipinski definition) is 3. The molecule has 1 aliphatic rings. The van der Waals surface area contributed by atoms with Crippen LogP contribution in [0.25, 0.3) is 0 Å². The number of carbonyl (C=O) groups is 1. The average molecular weight is 290 g/mol. The van der Waals surface area contributed by atoms with Crippen molar-refractivity contribution in [3.8, 4) is 0 Å². The highest BCUT2D eigenvalue weighted by Gasteiger charge is 2.45. The smallest absolute Gasteiger partial charge is 0.251 e. The van der Waals surface area contributed by atoms with Gasteiger partial charge < -0.3 is 15.4 Å². The zero-order valence-electron chi connectivity index (χ0n) is 13.8. The Labute approximate surface area is 127 Å². The average Bonchev–Trinajstić information content (AvgIpc) is 2.58. The van der Waals surface area contributed by atoms with Crippen LogP contribution in [-0.2, 0) is 4.74 Å². The molecule has 0 aromatic heterocycles. The minimum absolute atomic E-state index is 0.0599. The summed E-state index contributed by atoms with van der Waals surface area (Å²) in [5.41, 5.74) is 2.48. The molecule has 1 amide bonds. The number of hydrogen-bond donors (Lipinski definition) is 2. The van der Waals surface area contributed by atoms with Crippen LogP contribution in [0.2, 0.25) is 0 Å². The van der Waals surface area contributed by atoms with Crippen molar-refractivity contribution in [1.82, 2.24) is 5.32 Å². The third kappa shape index (κ3) is 3.38. The molecule has 4 heteroatoms. The zero-order chi connectivity index (χ0) is 15.8. The van der Waals surface area contributed by atoms with Gasteiger partial charge in [0.2, 0.25) is 0 Å². The highest BCUT2D eigenvalue weighted by molar-refractivity contribution is 5.94. The highest BCUT2D eigenvalue weighted by atomic mass is 16.5. The molecule has 2 N–H and O–H groups in total. The van der Waals surface area contributed by atoms with Crippen molar-refractivity contribution in [2.45, 2.75) is 58.3 Å². The first-order valence-electron chi connectivity index (χ1n) is 7.44. The summed E-state index contributed by atoms with van der Waals surface area (Å²) in [5.74, 6) is -0.0599. The molecule has 1 heterocycles. The van der Waals surface area contributed by atoms with Crippen LogP contribution in [0.1, 0.15) is 50.0 Å². The number of aryl methyl sites for hydroxylation is 1. The molecule has 1 aliphatic heterocycles. The molecular weight excluding hydrogens is 264 g/mol. The summed E-state index contributed by atoms with van der Waals surface area (Å²) in [6.45, 7) is 10.5. The van der Waals surface area contributed by atoms with E-state index in [1.807, 2.05) is 25.1 Å². The number of ether oxygens (including phenoxy) is 1. The second-order valence-electron chi connectivity index (χ2n) is 6.98. The second kappa shape index (κ2) is 5.34. The molecule has 1 saturated heterocycles. The third-order valence-electron chi connectivity index (χ3n) is 4.12. The predicted molar refractivity (Wildman–Crippen MR) is 85.8 cm³/mol. The van der Waals surface area contributed by atoms with Gasteiger partial charge in [0.05, 0.1) is 17.2 Å². The molecule has 4 nitrogen and oxygen atoms in total. The number of carbonyl (C=O) groups excluding carboxylic acids is 1. The molecule has 0 saturated carbocycles. The van der Waals surface area contributed by atoms with Crippen molar-refractivity contribution in [3.05, 3.63) is 29.3 Å². The number of rotatable bonds is 3. The Morgan fingerprint density at radius 1 is 1.29 bits per heavy atom. The van der Waals surface area contributed by atoms with Gasteiger partial charge in [-0.2, -0.15) is 0 Å². The minimum Gasteiger partial charge on any atom is -0.379 e. The van der Waals surface area contributed by atoms with E-state index in [9.17, 15) is 4.79 Å². The largest absolute Gasteiger partial charge is 0.379 e. The van der Waals surface area contributed by atoms with Crippen LogP contribution in [0, 0.1) is 6.92 Å². The Hall–Kier alpha value is -1.55. The van der Waals surface area contributed by atoms with Crippen molar-refractivity contribution in [2.75, 3.05) is 12.4 Å². The molecule has 21 heavy (non-hydrogen) atoms. The number of anilines is 1. The lowest BCUT2D eigenvalue weighted by molar-refractivity contribution is -0.0662. The van der Waals surface area contributed by atoms with Gasteiger partial charge in [0.25, 0.3) is 5.91 Å². The van der Waals surface area contributed by atoms with E-state index in [4.69, 9.17) is 4.74 Å². The van der Waals surface area contributed by atoms with Gasteiger partial charge in [-0.3, -0.25) is 4.79 Å². The summed E-state index contributed by atoms with van der Waals surface area (Å²) in [6, 6.07) is 5.98. The summed E-state index contributed by atoms with van der Waals surface area (Å²) in [4.78, 5) is 11.7. The molecule has 2 rings (SSSR count). The highest BCUT2D eigenvalue weighted by Crippen LogP contribution is 2.39. The fourth-order valence-electron chi connectivity index (χ4n) is 3.09. The fraction of sp³-hybridized carbons (Fsp3) is 0.588. The van der Waals surface area contributed by atoms with E-state index >= 15 is 0 Å². The maximum absolute atomic E-state index is 11.7. The first-order valence-corrected chi connectivity index (χ1v) is 7.44. The molecule has 1 atom stereocenters. The molecule has 0 bridgehead atoms. The Balaban J connectivity index is 2.19. The maximum atomic E-state index is 11.7. The Bertz CT molecular complexity index is 550. The lowest BCUT2D eigenvalue weighted by Crippen LogP contribution is -2.38. The van der Waals surface area contributed by atoms with E-state index in [1.54, 1.807) is 7.05 Å². The second-order valence-corrected chi connectivity index (χ2v) is 6.98. The van der Waals surface area contributed by atoms with Crippen molar-refractivity contribution < 1.29 is 9.53 Å². The van der Waals surface area contributed by atoms with Gasteiger partial charge in [-0.1, -0.05) is 0 Å². The Morgan fingerprint density at radius 2 is 1.95 bits per heavy atom. The van der Waals surface area contributed by atoms with E-state index in [1.165, 1.54) is 0 Å². The van der Waals surface area contributed by atoms with E-state index < -0.39 is 0 Å². The summed E-state index contributed by atoms with van der Waals surface area (Å²) < 4.78 is 6.11. The van der Waals surface area contributed by atoms with Crippen molar-refractivity contribution in [2.24, 2.45) is 0 Å². The van der Waals surface area contributed by atoms with Crippen molar-refractivity contribution >= 4 is 11.6 Å². The standard InChI is InChI=1S/C17H26N2O2/c1-11-9-12(15(20)18-6)7-8-13(11)19-14-10-16(2,3)21-17(14,4)5/h7-9,14,19H,10H2,1-6H3,(H,18,20). The molecule has 1 aromatic rings. The molecule has 1 fully saturated rings. The fourth-order valence-corrected chi connectivity index (χ4v) is 3.09. The number of amides is 1. The molecule has 0 spiro atoms. The summed E-state index contributed by atoms with van der Waals surface area (Å²) in [7, 11) is 1.64. The van der Waals surface area contributed by atoms with Crippen LogP contribution in [0.3, 0.4) is 0 Å². The van der Waals surface area contributed by atoms with Crippen LogP contribution in [0.5, 0.6) is 0 Å². The molecule has 0 aliphatic carbocycles. The van der Waals surface area contributed by atoms with Gasteiger partial charge in [0, 0.05) is 18.3 Å². The third-order valence-corrected chi connectivity index (χ3v) is 4.12. The first-order chi connectivity index (χ1) is 9.64. The Kier molecular flexibility index (Phi) is 4.02. The van der Waals surface area contributed by atoms with Crippen LogP contribution >= 0.6 is 0 Å². The van der Waals surface area contributed by atoms with E-state index in [2.05, 4.69) is 38.3 Å². The van der Waals surface area contributed by atoms with E-state index in [0.29, 0.717) is 5.56 Å². The van der Waals surface area contributed by atoms with Crippen LogP contribution in [0.4, 0.5) is 5.69 Å². The van der Waals surface area contributed by atoms with Crippen LogP contribution < -0.4 is 10.6 Å². The van der Waals surface area contributed by atoms with E-state index in [-0.39, 0.29) is 23.2 Å². The van der Waals surface area contributed by atoms with E-state index in [0.717, 1.165) is 17.7 Å². The van der Waals surface area contributed by atoms with Gasteiger partial charge in [0.15, 0.2) is 0 Å². The van der Waals surface area contributed by atoms with Crippen molar-refractivity contribution in [3.63, 3.8) is 0 Å².